The van der Waals surface area contributed by atoms with Crippen molar-refractivity contribution in [3.05, 3.63) is 176 Å². The SMILES string of the molecule is CCCCN(CCCC)c1ccc(-c2ccc(-c3c(-c4ccc(-c5ccc(N(CCCC)CCCC)cc5)s4)c(-c4ccc(-c5ccc(N(CCCC)CCCC)cc5)s4)n(-c4ccccc4)c3-c3ccc(-c4ccc(N(CCCC)CCCC)cc4)s3)s2)cc1. The predicted octanol–water partition coefficient (Wildman–Crippen LogP) is 25.7. The van der Waals surface area contributed by atoms with Gasteiger partial charge in [0.2, 0.25) is 0 Å². The number of anilines is 4. The van der Waals surface area contributed by atoms with Crippen molar-refractivity contribution in [2.24, 2.45) is 0 Å². The molecule has 0 saturated carbocycles. The van der Waals surface area contributed by atoms with Crippen LogP contribution in [0.15, 0.2) is 176 Å². The fourth-order valence-corrected chi connectivity index (χ4v) is 16.7. The fourth-order valence-electron chi connectivity index (χ4n) is 12.5. The van der Waals surface area contributed by atoms with Crippen LogP contribution in [0.3, 0.4) is 0 Å². The number of para-hydroxylation sites is 1. The van der Waals surface area contributed by atoms with Gasteiger partial charge in [-0.3, -0.25) is 0 Å². The van der Waals surface area contributed by atoms with E-state index in [1.807, 2.05) is 45.3 Å². The summed E-state index contributed by atoms with van der Waals surface area (Å²) in [5.41, 5.74) is 16.5. The Kier molecular flexibility index (Phi) is 25.4. The fraction of sp³-hybridized carbons (Fsp3) is 0.390. The van der Waals surface area contributed by atoms with Gasteiger partial charge in [-0.2, -0.15) is 0 Å². The molecule has 5 nitrogen and oxygen atoms in total. The number of rotatable bonds is 37. The van der Waals surface area contributed by atoms with Crippen molar-refractivity contribution in [3.63, 3.8) is 0 Å². The zero-order chi connectivity index (χ0) is 63.3. The molecule has 5 aromatic carbocycles. The summed E-state index contributed by atoms with van der Waals surface area (Å²) in [5, 5.41) is 0. The molecule has 10 aromatic rings. The molecule has 0 aliphatic rings. The lowest BCUT2D eigenvalue weighted by atomic mass is 10.0. The van der Waals surface area contributed by atoms with Gasteiger partial charge in [0.25, 0.3) is 0 Å². The first-order valence-corrected chi connectivity index (χ1v) is 38.2. The first-order chi connectivity index (χ1) is 44.8. The van der Waals surface area contributed by atoms with Crippen LogP contribution in [-0.4, -0.2) is 56.9 Å². The lowest BCUT2D eigenvalue weighted by molar-refractivity contribution is 0.678. The summed E-state index contributed by atoms with van der Waals surface area (Å²) in [6.07, 6.45) is 19.2. The molecule has 0 bridgehead atoms. The molecule has 0 saturated heterocycles. The molecule has 0 amide bonds. The molecule has 0 unspecified atom stereocenters. The molecule has 0 atom stereocenters. The Morgan fingerprint density at radius 2 is 0.462 bits per heavy atom. The second-order valence-electron chi connectivity index (χ2n) is 24.7. The largest absolute Gasteiger partial charge is 0.372 e. The van der Waals surface area contributed by atoms with Gasteiger partial charge in [-0.05, 0) is 183 Å². The molecule has 5 heterocycles. The Morgan fingerprint density at radius 3 is 0.703 bits per heavy atom. The second-order valence-corrected chi connectivity index (χ2v) is 29.1. The van der Waals surface area contributed by atoms with E-state index in [0.29, 0.717) is 0 Å². The van der Waals surface area contributed by atoms with Crippen molar-refractivity contribution in [2.75, 3.05) is 72.0 Å². The topological polar surface area (TPSA) is 17.9 Å². The highest BCUT2D eigenvalue weighted by molar-refractivity contribution is 7.21. The Bertz CT molecular complexity index is 3470. The van der Waals surface area contributed by atoms with E-state index in [-0.39, 0.29) is 0 Å². The van der Waals surface area contributed by atoms with Crippen LogP contribution in [-0.2, 0) is 0 Å². The zero-order valence-corrected chi connectivity index (χ0v) is 59.3. The van der Waals surface area contributed by atoms with E-state index < -0.39 is 0 Å². The minimum absolute atomic E-state index is 1.10. The molecule has 0 N–H and O–H groups in total. The molecule has 0 fully saturated rings. The molecular formula is C82H101N5S4. The van der Waals surface area contributed by atoms with E-state index in [2.05, 4.69) is 255 Å². The monoisotopic (exact) mass is 1280 g/mol. The smallest absolute Gasteiger partial charge is 0.0728 e. The van der Waals surface area contributed by atoms with Gasteiger partial charge in [-0.1, -0.05) is 173 Å². The maximum absolute atomic E-state index is 2.64. The number of hydrogen-bond acceptors (Lipinski definition) is 8. The van der Waals surface area contributed by atoms with Gasteiger partial charge in [0.05, 0.1) is 21.1 Å². The summed E-state index contributed by atoms with van der Waals surface area (Å²) in [6, 6.07) is 68.5. The molecule has 0 spiro atoms. The summed E-state index contributed by atoms with van der Waals surface area (Å²) in [5.74, 6) is 0. The van der Waals surface area contributed by atoms with Gasteiger partial charge in [0, 0.05) is 121 Å². The summed E-state index contributed by atoms with van der Waals surface area (Å²) < 4.78 is 2.64. The average Bonchev–Trinajstić information content (AvgIpc) is 1.57. The summed E-state index contributed by atoms with van der Waals surface area (Å²) >= 11 is 7.72. The van der Waals surface area contributed by atoms with E-state index in [1.54, 1.807) is 0 Å². The number of benzene rings is 5. The summed E-state index contributed by atoms with van der Waals surface area (Å²) in [7, 11) is 0. The Morgan fingerprint density at radius 1 is 0.242 bits per heavy atom. The standard InChI is InChI=1S/C82H101N5S4/c1-9-17-54-83(55-18-10-2)66-38-30-62(31-39-66)71-46-50-75(88-71)79-80(76-51-47-72(89-76)63-32-40-67(41-33-63)84(56-19-11-3)57-20-12-4)82(78-53-49-74(91-78)65-36-44-69(45-37-65)86(60-23-15-7)61-24-16-8)87(70-28-26-25-27-29-70)81(79)77-52-48-73(90-77)64-34-42-68(43-35-64)85(58-21-13-5)59-22-14-6/h25-53H,9-24,54-61H2,1-8H3. The summed E-state index contributed by atoms with van der Waals surface area (Å²) in [4.78, 5) is 20.6. The molecule has 5 aromatic heterocycles. The van der Waals surface area contributed by atoms with Gasteiger partial charge in [0.1, 0.15) is 0 Å². The molecular weight excluding hydrogens is 1180 g/mol. The molecule has 0 aliphatic carbocycles. The van der Waals surface area contributed by atoms with Crippen LogP contribution in [0.1, 0.15) is 158 Å². The van der Waals surface area contributed by atoms with Crippen molar-refractivity contribution < 1.29 is 0 Å². The van der Waals surface area contributed by atoms with Crippen molar-refractivity contribution in [2.45, 2.75) is 158 Å². The molecule has 10 rings (SSSR count). The van der Waals surface area contributed by atoms with Crippen LogP contribution in [0.5, 0.6) is 0 Å². The van der Waals surface area contributed by atoms with E-state index in [0.717, 1.165) is 58.0 Å². The van der Waals surface area contributed by atoms with E-state index in [1.165, 1.54) is 209 Å². The lowest BCUT2D eigenvalue weighted by Gasteiger charge is -2.24. The Labute approximate surface area is 564 Å². The second kappa shape index (κ2) is 34.3. The van der Waals surface area contributed by atoms with E-state index in [9.17, 15) is 0 Å². The first kappa shape index (κ1) is 67.3. The average molecular weight is 1290 g/mol. The van der Waals surface area contributed by atoms with Crippen LogP contribution >= 0.6 is 45.3 Å². The molecule has 0 radical (unpaired) electrons. The number of unbranched alkanes of at least 4 members (excludes halogenated alkanes) is 8. The van der Waals surface area contributed by atoms with Gasteiger partial charge in [0.15, 0.2) is 0 Å². The van der Waals surface area contributed by atoms with Gasteiger partial charge in [-0.15, -0.1) is 45.3 Å². The maximum atomic E-state index is 2.64. The number of nitrogens with zero attached hydrogens (tertiary/aromatic N) is 5. The molecule has 478 valence electrons. The third-order valence-corrected chi connectivity index (χ3v) is 22.5. The van der Waals surface area contributed by atoms with E-state index in [4.69, 9.17) is 0 Å². The highest BCUT2D eigenvalue weighted by Gasteiger charge is 2.32. The zero-order valence-electron chi connectivity index (χ0n) is 56.1. The normalized spacial score (nSPS) is 11.5. The van der Waals surface area contributed by atoms with Gasteiger partial charge in [-0.25, -0.2) is 0 Å². The van der Waals surface area contributed by atoms with Crippen molar-refractivity contribution in [1.29, 1.82) is 0 Å². The van der Waals surface area contributed by atoms with Crippen LogP contribution < -0.4 is 19.6 Å². The maximum Gasteiger partial charge on any atom is 0.0728 e. The quantitative estimate of drug-likeness (QED) is 0.0386. The molecule has 0 aliphatic heterocycles. The Hall–Kier alpha value is -6.62. The van der Waals surface area contributed by atoms with Crippen LogP contribution in [0.4, 0.5) is 22.7 Å². The van der Waals surface area contributed by atoms with Crippen LogP contribution in [0.25, 0.3) is 89.5 Å². The lowest BCUT2D eigenvalue weighted by Crippen LogP contribution is -2.25. The third kappa shape index (κ3) is 16.8. The number of hydrogen-bond donors (Lipinski definition) is 0. The van der Waals surface area contributed by atoms with Crippen molar-refractivity contribution in [3.8, 4) is 89.5 Å². The molecule has 91 heavy (non-hydrogen) atoms. The first-order valence-electron chi connectivity index (χ1n) is 35.0. The van der Waals surface area contributed by atoms with Crippen molar-refractivity contribution >= 4 is 68.1 Å². The van der Waals surface area contributed by atoms with Gasteiger partial charge < -0.3 is 24.2 Å². The minimum atomic E-state index is 1.10. The van der Waals surface area contributed by atoms with Crippen LogP contribution in [0.2, 0.25) is 0 Å². The van der Waals surface area contributed by atoms with Crippen molar-refractivity contribution in [1.82, 2.24) is 4.57 Å². The van der Waals surface area contributed by atoms with E-state index >= 15 is 0 Å². The predicted molar refractivity (Wildman–Crippen MR) is 409 cm³/mol. The Balaban J connectivity index is 1.17. The summed E-state index contributed by atoms with van der Waals surface area (Å²) in [6.45, 7) is 27.2. The molecule has 9 heteroatoms. The number of aromatic nitrogens is 1. The third-order valence-electron chi connectivity index (χ3n) is 17.9. The number of thiophene rings is 4. The minimum Gasteiger partial charge on any atom is -0.372 e. The highest BCUT2D eigenvalue weighted by atomic mass is 32.1. The highest BCUT2D eigenvalue weighted by Crippen LogP contribution is 2.56. The van der Waals surface area contributed by atoms with Crippen LogP contribution in [0, 0.1) is 0 Å². The van der Waals surface area contributed by atoms with Gasteiger partial charge >= 0.3 is 0 Å².